The smallest absolute Gasteiger partial charge is 0.286 e. The van der Waals surface area contributed by atoms with Gasteiger partial charge in [0.25, 0.3) is 5.92 Å². The third-order valence-electron chi connectivity index (χ3n) is 6.02. The summed E-state index contributed by atoms with van der Waals surface area (Å²) >= 11 is 0. The maximum Gasteiger partial charge on any atom is 0.286 e. The van der Waals surface area contributed by atoms with E-state index in [1.807, 2.05) is 44.3 Å². The number of H-pyrrole nitrogens is 1. The van der Waals surface area contributed by atoms with Crippen molar-refractivity contribution in [2.75, 3.05) is 0 Å². The maximum absolute atomic E-state index is 13.8. The summed E-state index contributed by atoms with van der Waals surface area (Å²) in [4.78, 5) is 4.73. The molecule has 1 atom stereocenters. The Morgan fingerprint density at radius 3 is 2.52 bits per heavy atom. The molecule has 6 nitrogen and oxygen atoms in total. The highest BCUT2D eigenvalue weighted by molar-refractivity contribution is 5.94. The average Bonchev–Trinajstić information content (AvgIpc) is 3.50. The van der Waals surface area contributed by atoms with E-state index in [1.165, 1.54) is 6.07 Å². The number of aromatic nitrogens is 5. The Morgan fingerprint density at radius 1 is 1.12 bits per heavy atom. The van der Waals surface area contributed by atoms with E-state index in [1.54, 1.807) is 6.20 Å². The van der Waals surface area contributed by atoms with Crippen LogP contribution in [0, 0.1) is 13.8 Å². The van der Waals surface area contributed by atoms with Crippen molar-refractivity contribution >= 4 is 11.0 Å². The number of aryl methyl sites for hydroxylation is 2. The summed E-state index contributed by atoms with van der Waals surface area (Å²) in [6, 6.07) is 13.5. The summed E-state index contributed by atoms with van der Waals surface area (Å²) < 4.78 is 35.1. The number of nitrogens with zero attached hydrogens (tertiary/aromatic N) is 4. The number of hydrogen-bond acceptors (Lipinski definition) is 4. The normalized spacial score (nSPS) is 13.0. The van der Waals surface area contributed by atoms with Gasteiger partial charge in [0.05, 0.1) is 28.5 Å². The second-order valence-electron chi connectivity index (χ2n) is 8.38. The van der Waals surface area contributed by atoms with Crippen molar-refractivity contribution in [1.29, 1.82) is 0 Å². The number of aromatic amines is 1. The minimum Gasteiger partial charge on any atom is -0.361 e. The van der Waals surface area contributed by atoms with Crippen LogP contribution in [0.2, 0.25) is 0 Å². The largest absolute Gasteiger partial charge is 0.361 e. The molecule has 0 aliphatic rings. The van der Waals surface area contributed by atoms with Crippen LogP contribution in [0.25, 0.3) is 33.4 Å². The number of rotatable bonds is 5. The molecule has 1 unspecified atom stereocenters. The fourth-order valence-corrected chi connectivity index (χ4v) is 4.24. The van der Waals surface area contributed by atoms with Crippen molar-refractivity contribution in [2.24, 2.45) is 0 Å². The SMILES string of the molecule is Cc1noc(C)c1-c1cnc2c(-c3cc(C(C)(F)F)[nH]n3)cn(C(C)c3ccccc3)c2c1. The van der Waals surface area contributed by atoms with E-state index >= 15 is 0 Å². The van der Waals surface area contributed by atoms with E-state index in [2.05, 4.69) is 39.0 Å². The molecule has 5 rings (SSSR count). The predicted octanol–water partition coefficient (Wildman–Crippen LogP) is 6.42. The Kier molecular flexibility index (Phi) is 4.88. The number of nitrogens with one attached hydrogen (secondary N) is 1. The van der Waals surface area contributed by atoms with Gasteiger partial charge in [-0.2, -0.15) is 13.9 Å². The summed E-state index contributed by atoms with van der Waals surface area (Å²) in [5.41, 5.74) is 6.11. The van der Waals surface area contributed by atoms with E-state index in [0.29, 0.717) is 22.5 Å². The van der Waals surface area contributed by atoms with Crippen LogP contribution in [-0.4, -0.2) is 24.9 Å². The van der Waals surface area contributed by atoms with Gasteiger partial charge >= 0.3 is 0 Å². The fourth-order valence-electron chi connectivity index (χ4n) is 4.24. The van der Waals surface area contributed by atoms with Gasteiger partial charge in [0.2, 0.25) is 0 Å². The lowest BCUT2D eigenvalue weighted by atomic mass is 10.0. The van der Waals surface area contributed by atoms with Gasteiger partial charge in [0.15, 0.2) is 0 Å². The number of pyridine rings is 1. The minimum absolute atomic E-state index is 0.0183. The molecular formula is C25H23F2N5O. The molecule has 5 aromatic rings. The number of halogens is 2. The Labute approximate surface area is 189 Å². The van der Waals surface area contributed by atoms with Crippen LogP contribution in [0.15, 0.2) is 59.4 Å². The second-order valence-corrected chi connectivity index (χ2v) is 8.38. The standard InChI is InChI=1S/C25H23F2N5O/c1-14-23(16(3)33-31-14)18-10-21-24(28-12-18)19(20-11-22(30-29-20)25(4,26)27)13-32(21)15(2)17-8-6-5-7-9-17/h5-13,15H,1-4H3,(H,29,30). The highest BCUT2D eigenvalue weighted by Gasteiger charge is 2.28. The monoisotopic (exact) mass is 447 g/mol. The lowest BCUT2D eigenvalue weighted by Crippen LogP contribution is -2.06. The zero-order valence-electron chi connectivity index (χ0n) is 18.7. The first kappa shape index (κ1) is 21.1. The van der Waals surface area contributed by atoms with Crippen molar-refractivity contribution in [1.82, 2.24) is 24.9 Å². The zero-order valence-corrected chi connectivity index (χ0v) is 18.7. The lowest BCUT2D eigenvalue weighted by molar-refractivity contribution is 0.0127. The summed E-state index contributed by atoms with van der Waals surface area (Å²) in [7, 11) is 0. The Bertz CT molecular complexity index is 1420. The van der Waals surface area contributed by atoms with E-state index < -0.39 is 5.92 Å². The number of fused-ring (bicyclic) bond motifs is 1. The molecule has 0 spiro atoms. The number of hydrogen-bond donors (Lipinski definition) is 1. The van der Waals surface area contributed by atoms with E-state index in [4.69, 9.17) is 9.51 Å². The zero-order chi connectivity index (χ0) is 23.3. The molecule has 0 aliphatic carbocycles. The molecule has 168 valence electrons. The van der Waals surface area contributed by atoms with Crippen LogP contribution in [0.4, 0.5) is 8.78 Å². The fraction of sp³-hybridized carbons (Fsp3) is 0.240. The first-order valence-corrected chi connectivity index (χ1v) is 10.7. The highest BCUT2D eigenvalue weighted by Crippen LogP contribution is 2.37. The van der Waals surface area contributed by atoms with E-state index in [0.717, 1.165) is 34.8 Å². The first-order valence-electron chi connectivity index (χ1n) is 10.7. The van der Waals surface area contributed by atoms with Crippen LogP contribution in [0.1, 0.15) is 42.6 Å². The van der Waals surface area contributed by atoms with E-state index in [9.17, 15) is 8.78 Å². The molecule has 8 heteroatoms. The molecular weight excluding hydrogens is 424 g/mol. The van der Waals surface area contributed by atoms with Crippen LogP contribution in [-0.2, 0) is 5.92 Å². The molecule has 0 amide bonds. The van der Waals surface area contributed by atoms with Crippen LogP contribution in [0.5, 0.6) is 0 Å². The molecule has 0 saturated heterocycles. The second kappa shape index (κ2) is 7.65. The van der Waals surface area contributed by atoms with Gasteiger partial charge in [-0.3, -0.25) is 10.1 Å². The molecule has 33 heavy (non-hydrogen) atoms. The van der Waals surface area contributed by atoms with Gasteiger partial charge in [-0.1, -0.05) is 35.5 Å². The molecule has 0 radical (unpaired) electrons. The van der Waals surface area contributed by atoms with E-state index in [-0.39, 0.29) is 11.7 Å². The quantitative estimate of drug-likeness (QED) is 0.337. The molecule has 4 heterocycles. The van der Waals surface area contributed by atoms with Crippen LogP contribution >= 0.6 is 0 Å². The summed E-state index contributed by atoms with van der Waals surface area (Å²) in [5.74, 6) is -2.30. The van der Waals surface area contributed by atoms with Crippen molar-refractivity contribution < 1.29 is 13.3 Å². The van der Waals surface area contributed by atoms with Gasteiger partial charge in [0, 0.05) is 36.0 Å². The topological polar surface area (TPSA) is 72.5 Å². The molecule has 0 bridgehead atoms. The Balaban J connectivity index is 1.73. The maximum atomic E-state index is 13.8. The molecule has 0 fully saturated rings. The van der Waals surface area contributed by atoms with Crippen LogP contribution < -0.4 is 0 Å². The van der Waals surface area contributed by atoms with Gasteiger partial charge in [-0.15, -0.1) is 0 Å². The highest BCUT2D eigenvalue weighted by atomic mass is 19.3. The lowest BCUT2D eigenvalue weighted by Gasteiger charge is -2.16. The van der Waals surface area contributed by atoms with Crippen molar-refractivity contribution in [3.05, 3.63) is 77.6 Å². The van der Waals surface area contributed by atoms with Crippen molar-refractivity contribution in [3.8, 4) is 22.4 Å². The molecule has 0 saturated carbocycles. The van der Waals surface area contributed by atoms with Crippen LogP contribution in [0.3, 0.4) is 0 Å². The average molecular weight is 447 g/mol. The summed E-state index contributed by atoms with van der Waals surface area (Å²) in [5, 5.41) is 10.7. The minimum atomic E-state index is -3.01. The molecule has 1 aromatic carbocycles. The summed E-state index contributed by atoms with van der Waals surface area (Å²) in [6.45, 7) is 6.70. The summed E-state index contributed by atoms with van der Waals surface area (Å²) in [6.07, 6.45) is 3.69. The van der Waals surface area contributed by atoms with Gasteiger partial charge < -0.3 is 9.09 Å². The number of alkyl halides is 2. The predicted molar refractivity (Wildman–Crippen MR) is 122 cm³/mol. The van der Waals surface area contributed by atoms with Gasteiger partial charge in [-0.25, -0.2) is 0 Å². The third kappa shape index (κ3) is 3.61. The van der Waals surface area contributed by atoms with Gasteiger partial charge in [0.1, 0.15) is 11.5 Å². The Morgan fingerprint density at radius 2 is 1.88 bits per heavy atom. The third-order valence-corrected chi connectivity index (χ3v) is 6.02. The Hall–Kier alpha value is -3.81. The molecule has 1 N–H and O–H groups in total. The molecule has 0 aliphatic heterocycles. The van der Waals surface area contributed by atoms with Crippen molar-refractivity contribution in [3.63, 3.8) is 0 Å². The first-order chi connectivity index (χ1) is 15.7. The van der Waals surface area contributed by atoms with Crippen molar-refractivity contribution in [2.45, 2.75) is 39.7 Å². The van der Waals surface area contributed by atoms with Gasteiger partial charge in [-0.05, 0) is 38.5 Å². The number of benzene rings is 1. The molecule has 4 aromatic heterocycles.